The van der Waals surface area contributed by atoms with E-state index >= 15 is 0 Å². The average molecular weight is 256 g/mol. The molecule has 1 aliphatic rings. The molecule has 3 heteroatoms. The van der Waals surface area contributed by atoms with E-state index in [0.717, 1.165) is 24.9 Å². The Kier molecular flexibility index (Phi) is 7.20. The SMILES string of the molecule is CCCNC1CCC(C)CC1CN(C)C(C)CO. The van der Waals surface area contributed by atoms with Crippen LogP contribution in [0.4, 0.5) is 0 Å². The topological polar surface area (TPSA) is 35.5 Å². The number of likely N-dealkylation sites (N-methyl/N-ethyl adjacent to an activating group) is 1. The quantitative estimate of drug-likeness (QED) is 0.732. The van der Waals surface area contributed by atoms with Crippen LogP contribution >= 0.6 is 0 Å². The Morgan fingerprint density at radius 1 is 1.39 bits per heavy atom. The molecule has 0 amide bonds. The Morgan fingerprint density at radius 3 is 2.72 bits per heavy atom. The molecule has 4 atom stereocenters. The lowest BCUT2D eigenvalue weighted by atomic mass is 9.78. The lowest BCUT2D eigenvalue weighted by molar-refractivity contribution is 0.108. The van der Waals surface area contributed by atoms with Crippen molar-refractivity contribution in [2.45, 2.75) is 58.5 Å². The van der Waals surface area contributed by atoms with Crippen molar-refractivity contribution in [1.82, 2.24) is 10.2 Å². The molecule has 3 nitrogen and oxygen atoms in total. The van der Waals surface area contributed by atoms with E-state index < -0.39 is 0 Å². The van der Waals surface area contributed by atoms with Crippen molar-refractivity contribution < 1.29 is 5.11 Å². The second-order valence-corrected chi connectivity index (χ2v) is 6.21. The Hall–Kier alpha value is -0.120. The van der Waals surface area contributed by atoms with Crippen LogP contribution in [0.25, 0.3) is 0 Å². The van der Waals surface area contributed by atoms with Gasteiger partial charge in [-0.3, -0.25) is 0 Å². The normalized spacial score (nSPS) is 30.7. The maximum atomic E-state index is 9.24. The van der Waals surface area contributed by atoms with Crippen LogP contribution in [0.2, 0.25) is 0 Å². The number of nitrogens with zero attached hydrogens (tertiary/aromatic N) is 1. The minimum Gasteiger partial charge on any atom is -0.395 e. The monoisotopic (exact) mass is 256 g/mol. The molecule has 18 heavy (non-hydrogen) atoms. The Labute approximate surface area is 113 Å². The zero-order valence-corrected chi connectivity index (χ0v) is 12.7. The molecule has 108 valence electrons. The van der Waals surface area contributed by atoms with Crippen LogP contribution in [0.15, 0.2) is 0 Å². The molecule has 1 fully saturated rings. The molecule has 2 N–H and O–H groups in total. The predicted molar refractivity (Wildman–Crippen MR) is 77.8 cm³/mol. The lowest BCUT2D eigenvalue weighted by Gasteiger charge is -2.39. The second kappa shape index (κ2) is 8.13. The van der Waals surface area contributed by atoms with Gasteiger partial charge in [0.05, 0.1) is 6.61 Å². The Bertz CT molecular complexity index is 221. The zero-order chi connectivity index (χ0) is 13.5. The fourth-order valence-electron chi connectivity index (χ4n) is 2.99. The van der Waals surface area contributed by atoms with Crippen LogP contribution in [-0.4, -0.2) is 48.8 Å². The summed E-state index contributed by atoms with van der Waals surface area (Å²) in [5.41, 5.74) is 0. The highest BCUT2D eigenvalue weighted by Crippen LogP contribution is 2.29. The number of hydrogen-bond donors (Lipinski definition) is 2. The summed E-state index contributed by atoms with van der Waals surface area (Å²) in [6.07, 6.45) is 5.20. The zero-order valence-electron chi connectivity index (χ0n) is 12.7. The average Bonchev–Trinajstić information content (AvgIpc) is 2.36. The van der Waals surface area contributed by atoms with Crippen molar-refractivity contribution in [2.75, 3.05) is 26.7 Å². The highest BCUT2D eigenvalue weighted by atomic mass is 16.3. The minimum absolute atomic E-state index is 0.256. The van der Waals surface area contributed by atoms with Gasteiger partial charge in [-0.2, -0.15) is 0 Å². The maximum Gasteiger partial charge on any atom is 0.0584 e. The van der Waals surface area contributed by atoms with Gasteiger partial charge < -0.3 is 15.3 Å². The van der Waals surface area contributed by atoms with Crippen molar-refractivity contribution in [1.29, 1.82) is 0 Å². The molecular formula is C15H32N2O. The van der Waals surface area contributed by atoms with E-state index in [9.17, 15) is 5.11 Å². The van der Waals surface area contributed by atoms with Gasteiger partial charge in [-0.05, 0) is 58.0 Å². The summed E-state index contributed by atoms with van der Waals surface area (Å²) in [5.74, 6) is 1.59. The first-order valence-electron chi connectivity index (χ1n) is 7.62. The molecule has 1 rings (SSSR count). The van der Waals surface area contributed by atoms with E-state index in [1.165, 1.54) is 25.7 Å². The maximum absolute atomic E-state index is 9.24. The smallest absolute Gasteiger partial charge is 0.0584 e. The Morgan fingerprint density at radius 2 is 2.11 bits per heavy atom. The molecule has 4 unspecified atom stereocenters. The highest BCUT2D eigenvalue weighted by Gasteiger charge is 2.29. The minimum atomic E-state index is 0.256. The first kappa shape index (κ1) is 15.9. The third-order valence-corrected chi connectivity index (χ3v) is 4.44. The van der Waals surface area contributed by atoms with Gasteiger partial charge in [0.25, 0.3) is 0 Å². The van der Waals surface area contributed by atoms with Crippen LogP contribution in [0, 0.1) is 11.8 Å². The van der Waals surface area contributed by atoms with Crippen molar-refractivity contribution in [2.24, 2.45) is 11.8 Å². The van der Waals surface area contributed by atoms with Gasteiger partial charge in [-0.25, -0.2) is 0 Å². The van der Waals surface area contributed by atoms with E-state index in [1.807, 2.05) is 0 Å². The van der Waals surface area contributed by atoms with Crippen LogP contribution in [0.3, 0.4) is 0 Å². The molecule has 1 saturated carbocycles. The summed E-state index contributed by atoms with van der Waals surface area (Å²) >= 11 is 0. The van der Waals surface area contributed by atoms with Crippen LogP contribution in [-0.2, 0) is 0 Å². The number of hydrogen-bond acceptors (Lipinski definition) is 3. The highest BCUT2D eigenvalue weighted by molar-refractivity contribution is 4.85. The summed E-state index contributed by atoms with van der Waals surface area (Å²) in [6.45, 7) is 9.20. The largest absolute Gasteiger partial charge is 0.395 e. The number of aliphatic hydroxyl groups is 1. The number of aliphatic hydroxyl groups excluding tert-OH is 1. The summed E-state index contributed by atoms with van der Waals surface area (Å²) in [7, 11) is 2.14. The van der Waals surface area contributed by atoms with Gasteiger partial charge in [-0.1, -0.05) is 13.8 Å². The predicted octanol–water partition coefficient (Wildman–Crippen LogP) is 2.10. The van der Waals surface area contributed by atoms with E-state index in [-0.39, 0.29) is 12.6 Å². The summed E-state index contributed by atoms with van der Waals surface area (Å²) in [4.78, 5) is 2.31. The fraction of sp³-hybridized carbons (Fsp3) is 1.00. The third kappa shape index (κ3) is 4.87. The molecule has 0 saturated heterocycles. The standard InChI is InChI=1S/C15H32N2O/c1-5-8-16-15-7-6-12(2)9-14(15)10-17(4)13(3)11-18/h12-16,18H,5-11H2,1-4H3. The molecule has 0 aromatic heterocycles. The van der Waals surface area contributed by atoms with E-state index in [0.29, 0.717) is 6.04 Å². The van der Waals surface area contributed by atoms with Crippen LogP contribution in [0.5, 0.6) is 0 Å². The number of nitrogens with one attached hydrogen (secondary N) is 1. The first-order chi connectivity index (χ1) is 8.58. The van der Waals surface area contributed by atoms with Crippen molar-refractivity contribution in [3.63, 3.8) is 0 Å². The Balaban J connectivity index is 2.50. The molecule has 0 radical (unpaired) electrons. The molecule has 0 spiro atoms. The van der Waals surface area contributed by atoms with Gasteiger partial charge in [0.1, 0.15) is 0 Å². The summed E-state index contributed by atoms with van der Waals surface area (Å²) in [5, 5.41) is 13.0. The van der Waals surface area contributed by atoms with Gasteiger partial charge in [0.15, 0.2) is 0 Å². The lowest BCUT2D eigenvalue weighted by Crippen LogP contribution is -2.47. The third-order valence-electron chi connectivity index (χ3n) is 4.44. The van der Waals surface area contributed by atoms with Crippen molar-refractivity contribution >= 4 is 0 Å². The van der Waals surface area contributed by atoms with Crippen molar-refractivity contribution in [3.8, 4) is 0 Å². The molecule has 0 aromatic rings. The van der Waals surface area contributed by atoms with E-state index in [2.05, 4.69) is 38.0 Å². The second-order valence-electron chi connectivity index (χ2n) is 6.21. The van der Waals surface area contributed by atoms with Gasteiger partial charge in [-0.15, -0.1) is 0 Å². The summed E-state index contributed by atoms with van der Waals surface area (Å²) in [6, 6.07) is 0.948. The van der Waals surface area contributed by atoms with Crippen molar-refractivity contribution in [3.05, 3.63) is 0 Å². The molecular weight excluding hydrogens is 224 g/mol. The molecule has 1 aliphatic carbocycles. The molecule has 0 aliphatic heterocycles. The fourth-order valence-corrected chi connectivity index (χ4v) is 2.99. The van der Waals surface area contributed by atoms with Crippen LogP contribution in [0.1, 0.15) is 46.5 Å². The molecule has 0 heterocycles. The molecule has 0 aromatic carbocycles. The van der Waals surface area contributed by atoms with Gasteiger partial charge in [0, 0.05) is 18.6 Å². The van der Waals surface area contributed by atoms with Crippen LogP contribution < -0.4 is 5.32 Å². The first-order valence-corrected chi connectivity index (χ1v) is 7.62. The molecule has 0 bridgehead atoms. The van der Waals surface area contributed by atoms with Gasteiger partial charge in [0.2, 0.25) is 0 Å². The van der Waals surface area contributed by atoms with E-state index in [4.69, 9.17) is 0 Å². The van der Waals surface area contributed by atoms with E-state index in [1.54, 1.807) is 0 Å². The summed E-state index contributed by atoms with van der Waals surface area (Å²) < 4.78 is 0. The van der Waals surface area contributed by atoms with Gasteiger partial charge >= 0.3 is 0 Å². The number of rotatable bonds is 7.